The van der Waals surface area contributed by atoms with Gasteiger partial charge in [-0.1, -0.05) is 12.1 Å². The molecule has 0 spiro atoms. The van der Waals surface area contributed by atoms with Crippen LogP contribution < -0.4 is 9.46 Å². The van der Waals surface area contributed by atoms with Gasteiger partial charge in [0.25, 0.3) is 10.0 Å². The highest BCUT2D eigenvalue weighted by Crippen LogP contribution is 2.27. The highest BCUT2D eigenvalue weighted by atomic mass is 32.2. The van der Waals surface area contributed by atoms with Crippen LogP contribution in [0.3, 0.4) is 0 Å². The Labute approximate surface area is 153 Å². The zero-order valence-electron chi connectivity index (χ0n) is 14.9. The van der Waals surface area contributed by atoms with Crippen LogP contribution in [0.1, 0.15) is 16.7 Å². The van der Waals surface area contributed by atoms with Gasteiger partial charge < -0.3 is 4.74 Å². The van der Waals surface area contributed by atoms with E-state index >= 15 is 0 Å². The molecule has 1 aromatic heterocycles. The van der Waals surface area contributed by atoms with Crippen LogP contribution in [0.5, 0.6) is 5.75 Å². The third-order valence-corrected chi connectivity index (χ3v) is 5.59. The molecule has 26 heavy (non-hydrogen) atoms. The number of nitrogens with zero attached hydrogens (tertiary/aromatic N) is 2. The molecule has 0 atom stereocenters. The lowest BCUT2D eigenvalue weighted by molar-refractivity contribution is 0.411. The minimum atomic E-state index is -3.70. The van der Waals surface area contributed by atoms with Crippen LogP contribution in [0.2, 0.25) is 0 Å². The maximum Gasteiger partial charge on any atom is 0.262 e. The van der Waals surface area contributed by atoms with E-state index < -0.39 is 10.0 Å². The average molecular weight is 371 g/mol. The van der Waals surface area contributed by atoms with E-state index in [4.69, 9.17) is 4.74 Å². The largest absolute Gasteiger partial charge is 0.496 e. The number of sulfonamides is 1. The Morgan fingerprint density at radius 2 is 1.92 bits per heavy atom. The highest BCUT2D eigenvalue weighted by molar-refractivity contribution is 7.92. The molecule has 6 nitrogen and oxygen atoms in total. The maximum absolute atomic E-state index is 12.8. The molecule has 0 radical (unpaired) electrons. The molecule has 2 aromatic carbocycles. The molecule has 136 valence electrons. The number of ether oxygens (including phenoxy) is 1. The summed E-state index contributed by atoms with van der Waals surface area (Å²) in [5.74, 6) is 0.669. The second kappa shape index (κ2) is 7.21. The first-order valence-electron chi connectivity index (χ1n) is 8.13. The van der Waals surface area contributed by atoms with E-state index in [1.54, 1.807) is 43.1 Å². The number of hydrogen-bond acceptors (Lipinski definition) is 4. The normalized spacial score (nSPS) is 11.3. The Morgan fingerprint density at radius 3 is 2.62 bits per heavy atom. The summed E-state index contributed by atoms with van der Waals surface area (Å²) >= 11 is 0. The standard InChI is InChI=1S/C19H21N3O3S/c1-14-11-19(15(2)10-18(14)25-3)26(23,24)21-17-7-4-6-16(12-17)13-22-9-5-8-20-22/h4-12,21H,13H2,1-3H3. The Bertz CT molecular complexity index is 1010. The fourth-order valence-corrected chi connectivity index (χ4v) is 4.16. The van der Waals surface area contributed by atoms with Gasteiger partial charge in [0.15, 0.2) is 0 Å². The summed E-state index contributed by atoms with van der Waals surface area (Å²) in [6, 6.07) is 12.5. The zero-order chi connectivity index (χ0) is 18.7. The minimum Gasteiger partial charge on any atom is -0.496 e. The van der Waals surface area contributed by atoms with Gasteiger partial charge >= 0.3 is 0 Å². The van der Waals surface area contributed by atoms with Gasteiger partial charge in [0.2, 0.25) is 0 Å². The molecule has 0 unspecified atom stereocenters. The Kier molecular flexibility index (Phi) is 4.99. The summed E-state index contributed by atoms with van der Waals surface area (Å²) < 4.78 is 35.4. The lowest BCUT2D eigenvalue weighted by Crippen LogP contribution is -2.15. The predicted molar refractivity (Wildman–Crippen MR) is 101 cm³/mol. The molecule has 1 heterocycles. The molecular formula is C19H21N3O3S. The summed E-state index contributed by atoms with van der Waals surface area (Å²) in [5.41, 5.74) is 2.87. The molecule has 0 amide bonds. The van der Waals surface area contributed by atoms with Crippen LogP contribution in [0, 0.1) is 13.8 Å². The summed E-state index contributed by atoms with van der Waals surface area (Å²) in [7, 11) is -2.13. The van der Waals surface area contributed by atoms with Crippen LogP contribution in [-0.2, 0) is 16.6 Å². The van der Waals surface area contributed by atoms with Crippen LogP contribution in [-0.4, -0.2) is 25.3 Å². The van der Waals surface area contributed by atoms with Crippen molar-refractivity contribution in [3.63, 3.8) is 0 Å². The Balaban J connectivity index is 1.87. The fourth-order valence-electron chi connectivity index (χ4n) is 2.80. The second-order valence-corrected chi connectivity index (χ2v) is 7.75. The van der Waals surface area contributed by atoms with Crippen LogP contribution in [0.4, 0.5) is 5.69 Å². The van der Waals surface area contributed by atoms with E-state index in [1.807, 2.05) is 37.4 Å². The van der Waals surface area contributed by atoms with Crippen molar-refractivity contribution < 1.29 is 13.2 Å². The first-order chi connectivity index (χ1) is 12.4. The molecule has 0 fully saturated rings. The molecule has 0 aliphatic heterocycles. The maximum atomic E-state index is 12.8. The van der Waals surface area contributed by atoms with E-state index in [0.717, 1.165) is 11.1 Å². The number of hydrogen-bond donors (Lipinski definition) is 1. The summed E-state index contributed by atoms with van der Waals surface area (Å²) in [4.78, 5) is 0.244. The number of benzene rings is 2. The summed E-state index contributed by atoms with van der Waals surface area (Å²) in [6.07, 6.45) is 3.57. The fraction of sp³-hybridized carbons (Fsp3) is 0.211. The van der Waals surface area contributed by atoms with Crippen molar-refractivity contribution in [3.05, 3.63) is 71.5 Å². The van der Waals surface area contributed by atoms with Crippen molar-refractivity contribution in [2.24, 2.45) is 0 Å². The van der Waals surface area contributed by atoms with Gasteiger partial charge in [-0.2, -0.15) is 5.10 Å². The number of rotatable bonds is 6. The Hall–Kier alpha value is -2.80. The van der Waals surface area contributed by atoms with Gasteiger partial charge in [0, 0.05) is 18.1 Å². The van der Waals surface area contributed by atoms with Gasteiger partial charge in [-0.25, -0.2) is 8.42 Å². The number of methoxy groups -OCH3 is 1. The molecule has 0 aliphatic rings. The first-order valence-corrected chi connectivity index (χ1v) is 9.62. The van der Waals surface area contributed by atoms with Gasteiger partial charge in [-0.15, -0.1) is 0 Å². The number of anilines is 1. The van der Waals surface area contributed by atoms with Gasteiger partial charge in [-0.3, -0.25) is 9.40 Å². The van der Waals surface area contributed by atoms with Crippen molar-refractivity contribution in [3.8, 4) is 5.75 Å². The van der Waals surface area contributed by atoms with Crippen molar-refractivity contribution in [1.82, 2.24) is 9.78 Å². The first kappa shape index (κ1) is 18.0. The monoisotopic (exact) mass is 371 g/mol. The summed E-state index contributed by atoms with van der Waals surface area (Å²) in [5, 5.41) is 4.17. The summed E-state index contributed by atoms with van der Waals surface area (Å²) in [6.45, 7) is 4.15. The number of nitrogens with one attached hydrogen (secondary N) is 1. The highest BCUT2D eigenvalue weighted by Gasteiger charge is 2.19. The van der Waals surface area contributed by atoms with E-state index in [9.17, 15) is 8.42 Å². The molecule has 0 bridgehead atoms. The molecular weight excluding hydrogens is 350 g/mol. The molecule has 0 saturated heterocycles. The van der Waals surface area contributed by atoms with E-state index in [2.05, 4.69) is 9.82 Å². The third kappa shape index (κ3) is 3.88. The van der Waals surface area contributed by atoms with Gasteiger partial charge in [0.05, 0.1) is 18.6 Å². The van der Waals surface area contributed by atoms with Crippen LogP contribution >= 0.6 is 0 Å². The molecule has 7 heteroatoms. The quantitative estimate of drug-likeness (QED) is 0.721. The molecule has 3 aromatic rings. The van der Waals surface area contributed by atoms with E-state index in [-0.39, 0.29) is 4.90 Å². The Morgan fingerprint density at radius 1 is 1.12 bits per heavy atom. The van der Waals surface area contributed by atoms with Crippen molar-refractivity contribution >= 4 is 15.7 Å². The molecule has 1 N–H and O–H groups in total. The predicted octanol–water partition coefficient (Wildman–Crippen LogP) is 3.36. The van der Waals surface area contributed by atoms with Gasteiger partial charge in [0.1, 0.15) is 5.75 Å². The second-order valence-electron chi connectivity index (χ2n) is 6.10. The van der Waals surface area contributed by atoms with E-state index in [1.165, 1.54) is 0 Å². The average Bonchev–Trinajstić information content (AvgIpc) is 3.09. The van der Waals surface area contributed by atoms with Crippen molar-refractivity contribution in [1.29, 1.82) is 0 Å². The number of aromatic nitrogens is 2. The minimum absolute atomic E-state index is 0.244. The lowest BCUT2D eigenvalue weighted by Gasteiger charge is -2.14. The smallest absolute Gasteiger partial charge is 0.262 e. The number of aryl methyl sites for hydroxylation is 2. The lowest BCUT2D eigenvalue weighted by atomic mass is 10.1. The van der Waals surface area contributed by atoms with Crippen LogP contribution in [0.25, 0.3) is 0 Å². The topological polar surface area (TPSA) is 73.2 Å². The molecule has 0 aliphatic carbocycles. The van der Waals surface area contributed by atoms with Gasteiger partial charge in [-0.05, 0) is 60.9 Å². The molecule has 0 saturated carbocycles. The third-order valence-electron chi connectivity index (χ3n) is 4.06. The molecule has 3 rings (SSSR count). The van der Waals surface area contributed by atoms with E-state index in [0.29, 0.717) is 23.5 Å². The SMILES string of the molecule is COc1cc(C)c(S(=O)(=O)Nc2cccc(Cn3cccn3)c2)cc1C. The van der Waals surface area contributed by atoms with Crippen molar-refractivity contribution in [2.45, 2.75) is 25.3 Å². The zero-order valence-corrected chi connectivity index (χ0v) is 15.7. The van der Waals surface area contributed by atoms with Crippen LogP contribution in [0.15, 0.2) is 59.8 Å². The van der Waals surface area contributed by atoms with Crippen molar-refractivity contribution in [2.75, 3.05) is 11.8 Å².